The number of hydrogen-bond donors (Lipinski definition) is 2. The fraction of sp³-hybridized carbons (Fsp3) is 0.250. The second-order valence-corrected chi connectivity index (χ2v) is 1.17. The molecule has 10 heavy (non-hydrogen) atoms. The Morgan fingerprint density at radius 2 is 1.80 bits per heavy atom. The summed E-state index contributed by atoms with van der Waals surface area (Å²) >= 11 is 3.32. The van der Waals surface area contributed by atoms with Gasteiger partial charge in [-0.2, -0.15) is 0 Å². The summed E-state index contributed by atoms with van der Waals surface area (Å²) in [5.41, 5.74) is 5.50. The average Bonchev–Trinajstić information content (AvgIpc) is 1.94. The number of rotatable bonds is 1. The van der Waals surface area contributed by atoms with Crippen molar-refractivity contribution in [1.29, 1.82) is 0 Å². The van der Waals surface area contributed by atoms with Gasteiger partial charge in [-0.25, -0.2) is 0 Å². The first-order valence-electron chi connectivity index (χ1n) is 2.85. The third-order valence-electron chi connectivity index (χ3n) is 0.262. The lowest BCUT2D eigenvalue weighted by Crippen LogP contribution is -1.86. The van der Waals surface area contributed by atoms with E-state index in [1.54, 1.807) is 0 Å². The van der Waals surface area contributed by atoms with Crippen LogP contribution in [0.5, 0.6) is 0 Å². The van der Waals surface area contributed by atoms with Gasteiger partial charge < -0.3 is 5.73 Å². The first kappa shape index (κ1) is 16.1. The van der Waals surface area contributed by atoms with E-state index in [1.807, 2.05) is 19.1 Å². The maximum Gasteiger partial charge on any atom is 0.0234 e. The minimum absolute atomic E-state index is 0.519. The van der Waals surface area contributed by atoms with Crippen molar-refractivity contribution in [3.63, 3.8) is 0 Å². The van der Waals surface area contributed by atoms with Crippen LogP contribution in [0.3, 0.4) is 0 Å². The van der Waals surface area contributed by atoms with Crippen molar-refractivity contribution in [1.82, 2.24) is 0 Å². The van der Waals surface area contributed by atoms with E-state index < -0.39 is 0 Å². The van der Waals surface area contributed by atoms with Gasteiger partial charge >= 0.3 is 0 Å². The minimum Gasteiger partial charge on any atom is -0.399 e. The van der Waals surface area contributed by atoms with Crippen LogP contribution in [0.15, 0.2) is 24.9 Å². The highest BCUT2D eigenvalue weighted by Gasteiger charge is 1.58. The molecule has 0 saturated carbocycles. The summed E-state index contributed by atoms with van der Waals surface area (Å²) in [5.74, 6) is 0. The lowest BCUT2D eigenvalue weighted by atomic mass is 10.5. The smallest absolute Gasteiger partial charge is 0.0234 e. The van der Waals surface area contributed by atoms with E-state index in [9.17, 15) is 0 Å². The molecule has 0 spiro atoms. The lowest BCUT2D eigenvalue weighted by molar-refractivity contribution is 1.46. The lowest BCUT2D eigenvalue weighted by Gasteiger charge is -1.74. The second kappa shape index (κ2) is 24.1. The number of hydrogen-bond acceptors (Lipinski definition) is 2. The molecule has 0 heterocycles. The summed E-state index contributed by atoms with van der Waals surface area (Å²) in [7, 11) is 0. The molecule has 0 amide bonds. The topological polar surface area (TPSA) is 26.0 Å². The molecule has 0 saturated heterocycles. The van der Waals surface area contributed by atoms with Crippen LogP contribution in [0, 0.1) is 11.7 Å². The number of thiol groups is 1. The third kappa shape index (κ3) is 195. The van der Waals surface area contributed by atoms with Gasteiger partial charge in [-0.3, -0.25) is 0 Å². The van der Waals surface area contributed by atoms with Gasteiger partial charge in [-0.05, 0) is 11.3 Å². The van der Waals surface area contributed by atoms with Crippen LogP contribution < -0.4 is 5.73 Å². The molecule has 0 unspecified atom stereocenters. The van der Waals surface area contributed by atoms with Crippen molar-refractivity contribution in [2.24, 2.45) is 5.73 Å². The number of terminal acetylenes is 1. The van der Waals surface area contributed by atoms with E-state index in [4.69, 9.17) is 5.73 Å². The molecule has 0 rings (SSSR count). The standard InChI is InChI=1S/C4H7N.C2H2S.C2H6/c1-3-4(2)5;1-2-3;1-2/h3H,1-2,5H2;1,3H;1-2H3. The highest BCUT2D eigenvalue weighted by Crippen LogP contribution is 1.69. The number of allylic oxidation sites excluding steroid dienone is 1. The van der Waals surface area contributed by atoms with Crippen molar-refractivity contribution in [3.05, 3.63) is 24.9 Å². The highest BCUT2D eigenvalue weighted by molar-refractivity contribution is 7.85. The molecule has 0 aromatic heterocycles. The predicted octanol–water partition coefficient (Wildman–Crippen LogP) is 2.18. The first-order valence-corrected chi connectivity index (χ1v) is 3.30. The SMILES string of the molecule is C#CS.C=CC(=C)N.CC. The molecule has 2 N–H and O–H groups in total. The second-order valence-electron chi connectivity index (χ2n) is 0.908. The Morgan fingerprint density at radius 3 is 1.80 bits per heavy atom. The quantitative estimate of drug-likeness (QED) is 0.340. The predicted molar refractivity (Wildman–Crippen MR) is 52.7 cm³/mol. The van der Waals surface area contributed by atoms with Crippen molar-refractivity contribution in [2.75, 3.05) is 0 Å². The van der Waals surface area contributed by atoms with Gasteiger partial charge in [0.15, 0.2) is 0 Å². The molecule has 2 heteroatoms. The minimum atomic E-state index is 0.519. The molecule has 1 nitrogen and oxygen atoms in total. The van der Waals surface area contributed by atoms with Gasteiger partial charge in [0.05, 0.1) is 0 Å². The molecule has 0 aliphatic heterocycles. The van der Waals surface area contributed by atoms with Gasteiger partial charge in [0, 0.05) is 5.70 Å². The first-order chi connectivity index (χ1) is 4.68. The van der Waals surface area contributed by atoms with E-state index in [-0.39, 0.29) is 0 Å². The molecule has 0 fully saturated rings. The monoisotopic (exact) mass is 157 g/mol. The summed E-state index contributed by atoms with van der Waals surface area (Å²) in [4.78, 5) is 0. The normalized spacial score (nSPS) is 4.60. The Balaban J connectivity index is -0.0000000847. The molecule has 0 aromatic rings. The van der Waals surface area contributed by atoms with Crippen LogP contribution >= 0.6 is 12.6 Å². The third-order valence-corrected chi connectivity index (χ3v) is 0.262. The largest absolute Gasteiger partial charge is 0.399 e. The summed E-state index contributed by atoms with van der Waals surface area (Å²) < 4.78 is 0. The summed E-state index contributed by atoms with van der Waals surface area (Å²) in [5, 5.41) is 1.94. The van der Waals surface area contributed by atoms with Crippen LogP contribution in [-0.2, 0) is 0 Å². The van der Waals surface area contributed by atoms with Crippen molar-refractivity contribution in [3.8, 4) is 11.7 Å². The van der Waals surface area contributed by atoms with Crippen LogP contribution in [0.25, 0.3) is 0 Å². The molecule has 0 radical (unpaired) electrons. The van der Waals surface area contributed by atoms with Crippen molar-refractivity contribution < 1.29 is 0 Å². The Bertz CT molecular complexity index is 111. The number of nitrogens with two attached hydrogens (primary N) is 1. The fourth-order valence-electron chi connectivity index (χ4n) is 0. The van der Waals surface area contributed by atoms with Crippen LogP contribution in [-0.4, -0.2) is 0 Å². The summed E-state index contributed by atoms with van der Waals surface area (Å²) in [6.07, 6.45) is 5.96. The molecule has 0 aliphatic rings. The Labute approximate surface area is 69.4 Å². The average molecular weight is 157 g/mol. The van der Waals surface area contributed by atoms with Crippen LogP contribution in [0.1, 0.15) is 13.8 Å². The maximum absolute atomic E-state index is 4.98. The van der Waals surface area contributed by atoms with Crippen LogP contribution in [0.4, 0.5) is 0 Å². The zero-order valence-corrected chi connectivity index (χ0v) is 7.49. The van der Waals surface area contributed by atoms with Gasteiger partial charge in [0.2, 0.25) is 0 Å². The van der Waals surface area contributed by atoms with E-state index in [1.165, 1.54) is 6.08 Å². The molecule has 0 atom stereocenters. The van der Waals surface area contributed by atoms with Crippen LogP contribution in [0.2, 0.25) is 0 Å². The van der Waals surface area contributed by atoms with Crippen molar-refractivity contribution in [2.45, 2.75) is 13.8 Å². The van der Waals surface area contributed by atoms with E-state index in [2.05, 4.69) is 32.2 Å². The highest BCUT2D eigenvalue weighted by atomic mass is 32.1. The maximum atomic E-state index is 4.98. The summed E-state index contributed by atoms with van der Waals surface area (Å²) in [6, 6.07) is 0. The van der Waals surface area contributed by atoms with Gasteiger partial charge in [0.1, 0.15) is 0 Å². The van der Waals surface area contributed by atoms with Gasteiger partial charge in [-0.15, -0.1) is 6.42 Å². The Hall–Kier alpha value is -0.810. The Morgan fingerprint density at radius 1 is 1.70 bits per heavy atom. The molecule has 0 bridgehead atoms. The molecular formula is C8H15NS. The molecule has 0 aromatic carbocycles. The summed E-state index contributed by atoms with van der Waals surface area (Å²) in [6.45, 7) is 10.7. The fourth-order valence-corrected chi connectivity index (χ4v) is 0. The van der Waals surface area contributed by atoms with Gasteiger partial charge in [-0.1, -0.05) is 39.6 Å². The zero-order valence-electron chi connectivity index (χ0n) is 6.59. The van der Waals surface area contributed by atoms with E-state index >= 15 is 0 Å². The van der Waals surface area contributed by atoms with E-state index in [0.29, 0.717) is 5.70 Å². The molecule has 58 valence electrons. The molecular weight excluding hydrogens is 142 g/mol. The van der Waals surface area contributed by atoms with E-state index in [0.717, 1.165) is 0 Å². The van der Waals surface area contributed by atoms with Gasteiger partial charge in [0.25, 0.3) is 0 Å². The molecule has 0 aliphatic carbocycles. The van der Waals surface area contributed by atoms with Crippen molar-refractivity contribution >= 4 is 12.6 Å². The Kier molecular flexibility index (Phi) is 38.8. The zero-order chi connectivity index (χ0) is 8.99.